The van der Waals surface area contributed by atoms with E-state index in [0.29, 0.717) is 26.4 Å². The lowest BCUT2D eigenvalue weighted by Gasteiger charge is -2.44. The molecule has 5 atom stereocenters. The molecule has 0 aromatic rings. The second-order valence-corrected chi connectivity index (χ2v) is 7.76. The third kappa shape index (κ3) is 9.81. The fourth-order valence-corrected chi connectivity index (χ4v) is 3.29. The third-order valence-corrected chi connectivity index (χ3v) is 5.15. The van der Waals surface area contributed by atoms with E-state index in [1.165, 1.54) is 0 Å². The highest BCUT2D eigenvalue weighted by atomic mass is 16.6. The summed E-state index contributed by atoms with van der Waals surface area (Å²) in [6.45, 7) is 11.8. The molecule has 1 heterocycles. The molecule has 29 heavy (non-hydrogen) atoms. The molecule has 0 unspecified atom stereocenters. The zero-order valence-electron chi connectivity index (χ0n) is 19.2. The predicted molar refractivity (Wildman–Crippen MR) is 117 cm³/mol. The first kappa shape index (κ1) is 26.4. The Balaban J connectivity index is 2.94. The molecule has 0 radical (unpaired) electrons. The summed E-state index contributed by atoms with van der Waals surface area (Å²) in [7, 11) is 0. The fourth-order valence-electron chi connectivity index (χ4n) is 3.29. The van der Waals surface area contributed by atoms with Gasteiger partial charge >= 0.3 is 0 Å². The highest BCUT2D eigenvalue weighted by Gasteiger charge is 2.47. The lowest BCUT2D eigenvalue weighted by Crippen LogP contribution is -2.61. The Bertz CT molecular complexity index is 422. The van der Waals surface area contributed by atoms with E-state index in [4.69, 9.17) is 30.1 Å². The van der Waals surface area contributed by atoms with Crippen LogP contribution in [0, 0.1) is 12.3 Å². The van der Waals surface area contributed by atoms with Gasteiger partial charge in [-0.25, -0.2) is 0 Å². The first-order valence-electron chi connectivity index (χ1n) is 11.8. The highest BCUT2D eigenvalue weighted by Crippen LogP contribution is 2.29. The Hall–Kier alpha value is -0.640. The van der Waals surface area contributed by atoms with Gasteiger partial charge < -0.3 is 23.7 Å². The van der Waals surface area contributed by atoms with Gasteiger partial charge in [0.2, 0.25) is 0 Å². The van der Waals surface area contributed by atoms with Crippen molar-refractivity contribution >= 4 is 0 Å². The number of hydrogen-bond donors (Lipinski definition) is 0. The molecule has 1 rings (SSSR count). The molecule has 0 aliphatic carbocycles. The summed E-state index contributed by atoms with van der Waals surface area (Å²) in [4.78, 5) is 0. The smallest absolute Gasteiger partial charge is 0.147 e. The van der Waals surface area contributed by atoms with E-state index in [0.717, 1.165) is 58.0 Å². The van der Waals surface area contributed by atoms with Crippen LogP contribution in [-0.4, -0.2) is 63.6 Å². The van der Waals surface area contributed by atoms with Crippen LogP contribution in [-0.2, 0) is 23.7 Å². The predicted octanol–water partition coefficient (Wildman–Crippen LogP) is 4.76. The Morgan fingerprint density at radius 3 is 1.69 bits per heavy atom. The maximum absolute atomic E-state index is 6.32. The van der Waals surface area contributed by atoms with Crippen molar-refractivity contribution in [1.82, 2.24) is 0 Å². The second kappa shape index (κ2) is 17.1. The lowest BCUT2D eigenvalue weighted by molar-refractivity contribution is -0.254. The molecule has 0 spiro atoms. The second-order valence-electron chi connectivity index (χ2n) is 7.76. The zero-order valence-corrected chi connectivity index (χ0v) is 19.2. The topological polar surface area (TPSA) is 46.2 Å². The quantitative estimate of drug-likeness (QED) is 0.255. The van der Waals surface area contributed by atoms with Crippen LogP contribution in [0.5, 0.6) is 0 Å². The van der Waals surface area contributed by atoms with E-state index >= 15 is 0 Å². The van der Waals surface area contributed by atoms with Crippen LogP contribution < -0.4 is 0 Å². The Kier molecular flexibility index (Phi) is 15.5. The van der Waals surface area contributed by atoms with Crippen molar-refractivity contribution in [1.29, 1.82) is 0 Å². The van der Waals surface area contributed by atoms with Gasteiger partial charge in [0.1, 0.15) is 30.5 Å². The lowest BCUT2D eigenvalue weighted by atomic mass is 9.94. The number of hydrogen-bond acceptors (Lipinski definition) is 5. The summed E-state index contributed by atoms with van der Waals surface area (Å²) in [5.41, 5.74) is 0. The monoisotopic (exact) mass is 412 g/mol. The molecule has 1 saturated heterocycles. The summed E-state index contributed by atoms with van der Waals surface area (Å²) >= 11 is 0. The molecule has 0 aromatic carbocycles. The van der Waals surface area contributed by atoms with Gasteiger partial charge in [0, 0.05) is 26.4 Å². The maximum Gasteiger partial charge on any atom is 0.147 e. The molecule has 170 valence electrons. The molecule has 1 aliphatic heterocycles. The average Bonchev–Trinajstić information content (AvgIpc) is 2.73. The van der Waals surface area contributed by atoms with Crippen LogP contribution in [0.2, 0.25) is 0 Å². The first-order valence-corrected chi connectivity index (χ1v) is 11.8. The maximum atomic E-state index is 6.32. The van der Waals surface area contributed by atoms with Crippen molar-refractivity contribution in [3.8, 4) is 12.3 Å². The average molecular weight is 413 g/mol. The van der Waals surface area contributed by atoms with E-state index in [-0.39, 0.29) is 24.4 Å². The largest absolute Gasteiger partial charge is 0.379 e. The van der Waals surface area contributed by atoms with Crippen molar-refractivity contribution in [2.75, 3.05) is 33.0 Å². The van der Waals surface area contributed by atoms with Crippen molar-refractivity contribution < 1.29 is 23.7 Å². The Morgan fingerprint density at radius 1 is 0.690 bits per heavy atom. The molecular weight excluding hydrogens is 368 g/mol. The van der Waals surface area contributed by atoms with Gasteiger partial charge in [-0.15, -0.1) is 6.42 Å². The molecule has 0 saturated carbocycles. The van der Waals surface area contributed by atoms with Gasteiger partial charge in [0.15, 0.2) is 0 Å². The van der Waals surface area contributed by atoms with E-state index in [1.54, 1.807) is 0 Å². The molecule has 1 fully saturated rings. The highest BCUT2D eigenvalue weighted by molar-refractivity contribution is 5.08. The SMILES string of the molecule is C#C[C@H]1O[C@H](COCCCC)[C@@H](OCCCC)[C@H](OCCCC)[C@H]1OCCCC. The molecule has 0 bridgehead atoms. The summed E-state index contributed by atoms with van der Waals surface area (Å²) in [6.07, 6.45) is 12.7. The molecule has 0 amide bonds. The van der Waals surface area contributed by atoms with E-state index < -0.39 is 6.10 Å². The normalized spacial score (nSPS) is 27.1. The number of rotatable bonds is 17. The van der Waals surface area contributed by atoms with Crippen molar-refractivity contribution in [3.63, 3.8) is 0 Å². The summed E-state index contributed by atoms with van der Waals surface area (Å²) in [5.74, 6) is 2.78. The molecule has 1 aliphatic rings. The minimum absolute atomic E-state index is 0.240. The van der Waals surface area contributed by atoms with Crippen LogP contribution in [0.1, 0.15) is 79.1 Å². The Labute approximate surface area is 179 Å². The first-order chi connectivity index (χ1) is 14.2. The minimum Gasteiger partial charge on any atom is -0.379 e. The molecule has 0 aromatic heterocycles. The molecule has 5 nitrogen and oxygen atoms in total. The van der Waals surface area contributed by atoms with E-state index in [1.807, 2.05) is 0 Å². The van der Waals surface area contributed by atoms with Crippen LogP contribution >= 0.6 is 0 Å². The van der Waals surface area contributed by atoms with Gasteiger partial charge in [-0.05, 0) is 25.7 Å². The third-order valence-electron chi connectivity index (χ3n) is 5.15. The Morgan fingerprint density at radius 2 is 1.17 bits per heavy atom. The fraction of sp³-hybridized carbons (Fsp3) is 0.917. The summed E-state index contributed by atoms with van der Waals surface area (Å²) in [6, 6.07) is 0. The van der Waals surface area contributed by atoms with Gasteiger partial charge in [-0.1, -0.05) is 59.3 Å². The van der Waals surface area contributed by atoms with Crippen LogP contribution in [0.15, 0.2) is 0 Å². The van der Waals surface area contributed by atoms with Crippen molar-refractivity contribution in [3.05, 3.63) is 0 Å². The standard InChI is InChI=1S/C24H44O5/c1-6-11-15-25-19-21-23(27-17-13-8-3)24(28-18-14-9-4)22(20(10-5)29-21)26-16-12-7-2/h5,20-24H,6-9,11-19H2,1-4H3/t20-,21-,22+,23-,24-/m1/s1. The zero-order chi connectivity index (χ0) is 21.3. The van der Waals surface area contributed by atoms with E-state index in [9.17, 15) is 0 Å². The van der Waals surface area contributed by atoms with Crippen LogP contribution in [0.3, 0.4) is 0 Å². The van der Waals surface area contributed by atoms with Gasteiger partial charge in [-0.3, -0.25) is 0 Å². The number of terminal acetylenes is 1. The molecule has 5 heteroatoms. The van der Waals surface area contributed by atoms with Crippen molar-refractivity contribution in [2.24, 2.45) is 0 Å². The van der Waals surface area contributed by atoms with Crippen LogP contribution in [0.4, 0.5) is 0 Å². The van der Waals surface area contributed by atoms with Crippen LogP contribution in [0.25, 0.3) is 0 Å². The minimum atomic E-state index is -0.454. The summed E-state index contributed by atoms with van der Waals surface area (Å²) < 4.78 is 30.9. The van der Waals surface area contributed by atoms with Gasteiger partial charge in [-0.2, -0.15) is 0 Å². The van der Waals surface area contributed by atoms with Crippen molar-refractivity contribution in [2.45, 2.75) is 110 Å². The van der Waals surface area contributed by atoms with Gasteiger partial charge in [0.25, 0.3) is 0 Å². The van der Waals surface area contributed by atoms with Gasteiger partial charge in [0.05, 0.1) is 6.61 Å². The number of ether oxygens (including phenoxy) is 5. The number of unbranched alkanes of at least 4 members (excludes halogenated alkanes) is 4. The summed E-state index contributed by atoms with van der Waals surface area (Å²) in [5, 5.41) is 0. The molecular formula is C24H44O5. The molecule has 0 N–H and O–H groups in total. The van der Waals surface area contributed by atoms with E-state index in [2.05, 4.69) is 33.6 Å².